The monoisotopic (exact) mass is 210 g/mol. The highest BCUT2D eigenvalue weighted by atomic mass is 16.1. The summed E-state index contributed by atoms with van der Waals surface area (Å²) >= 11 is 0. The molecule has 0 N–H and O–H groups in total. The minimum absolute atomic E-state index is 0.795. The number of benzene rings is 2. The molecule has 1 nitrogen and oxygen atoms in total. The summed E-state index contributed by atoms with van der Waals surface area (Å²) in [6, 6.07) is 16.2. The molecule has 0 aliphatic rings. The Hall–Kier alpha value is -1.89. The summed E-state index contributed by atoms with van der Waals surface area (Å²) in [7, 11) is 0. The van der Waals surface area contributed by atoms with Crippen molar-refractivity contribution in [3.05, 3.63) is 70.8 Å². The number of aryl methyl sites for hydroxylation is 1. The Morgan fingerprint density at radius 3 is 2.50 bits per heavy atom. The fourth-order valence-electron chi connectivity index (χ4n) is 1.80. The van der Waals surface area contributed by atoms with Gasteiger partial charge in [0.1, 0.15) is 6.29 Å². The van der Waals surface area contributed by atoms with Crippen LogP contribution in [0.15, 0.2) is 48.5 Å². The molecule has 80 valence electrons. The summed E-state index contributed by atoms with van der Waals surface area (Å²) < 4.78 is 0. The van der Waals surface area contributed by atoms with E-state index in [1.54, 1.807) is 0 Å². The third-order valence-electron chi connectivity index (χ3n) is 2.67. The van der Waals surface area contributed by atoms with Gasteiger partial charge in [-0.3, -0.25) is 4.79 Å². The molecule has 1 heteroatoms. The van der Waals surface area contributed by atoms with Gasteiger partial charge in [0, 0.05) is 5.56 Å². The second-order valence-corrected chi connectivity index (χ2v) is 3.98. The quantitative estimate of drug-likeness (QED) is 0.710. The van der Waals surface area contributed by atoms with Crippen molar-refractivity contribution in [2.75, 3.05) is 0 Å². The van der Waals surface area contributed by atoms with Crippen molar-refractivity contribution in [1.29, 1.82) is 0 Å². The zero-order valence-electron chi connectivity index (χ0n) is 9.31. The lowest BCUT2D eigenvalue weighted by molar-refractivity contribution is 0.112. The molecule has 0 fully saturated rings. The molecule has 2 rings (SSSR count). The predicted octanol–water partition coefficient (Wildman–Crippen LogP) is 3.40. The number of carbonyl (C=O) groups excluding carboxylic acids is 1. The van der Waals surface area contributed by atoms with Crippen molar-refractivity contribution in [2.45, 2.75) is 13.3 Å². The Labute approximate surface area is 95.7 Å². The first-order valence-corrected chi connectivity index (χ1v) is 5.38. The van der Waals surface area contributed by atoms with E-state index in [0.29, 0.717) is 0 Å². The summed E-state index contributed by atoms with van der Waals surface area (Å²) in [6.45, 7) is 2.00. The Morgan fingerprint density at radius 2 is 1.81 bits per heavy atom. The van der Waals surface area contributed by atoms with Gasteiger partial charge in [0.2, 0.25) is 0 Å². The van der Waals surface area contributed by atoms with Crippen molar-refractivity contribution in [3.8, 4) is 0 Å². The van der Waals surface area contributed by atoms with Crippen LogP contribution in [0, 0.1) is 6.92 Å². The summed E-state index contributed by atoms with van der Waals surface area (Å²) in [5.41, 5.74) is 4.24. The highest BCUT2D eigenvalue weighted by Gasteiger charge is 2.02. The molecule has 16 heavy (non-hydrogen) atoms. The molecule has 2 aromatic carbocycles. The number of hydrogen-bond acceptors (Lipinski definition) is 1. The first-order valence-electron chi connectivity index (χ1n) is 5.38. The van der Waals surface area contributed by atoms with E-state index in [2.05, 4.69) is 12.1 Å². The highest BCUT2D eigenvalue weighted by Crippen LogP contribution is 2.14. The molecule has 0 saturated carbocycles. The first kappa shape index (κ1) is 10.6. The molecule has 0 spiro atoms. The Morgan fingerprint density at radius 1 is 1.06 bits per heavy atom. The van der Waals surface area contributed by atoms with Gasteiger partial charge in [-0.2, -0.15) is 0 Å². The third kappa shape index (κ3) is 2.37. The normalized spacial score (nSPS) is 10.1. The largest absolute Gasteiger partial charge is 0.298 e. The number of hydrogen-bond donors (Lipinski definition) is 0. The van der Waals surface area contributed by atoms with Gasteiger partial charge in [0.25, 0.3) is 0 Å². The van der Waals surface area contributed by atoms with Crippen LogP contribution >= 0.6 is 0 Å². The van der Waals surface area contributed by atoms with Crippen LogP contribution < -0.4 is 0 Å². The van der Waals surface area contributed by atoms with Crippen molar-refractivity contribution >= 4 is 6.29 Å². The van der Waals surface area contributed by atoms with E-state index in [4.69, 9.17) is 0 Å². The topological polar surface area (TPSA) is 17.1 Å². The molecule has 0 aliphatic carbocycles. The van der Waals surface area contributed by atoms with E-state index in [1.807, 2.05) is 43.3 Å². The van der Waals surface area contributed by atoms with E-state index in [9.17, 15) is 4.79 Å². The Kier molecular flexibility index (Phi) is 3.16. The van der Waals surface area contributed by atoms with Crippen LogP contribution in [0.3, 0.4) is 0 Å². The molecule has 0 atom stereocenters. The van der Waals surface area contributed by atoms with Crippen LogP contribution in [0.5, 0.6) is 0 Å². The van der Waals surface area contributed by atoms with Crippen LogP contribution in [-0.4, -0.2) is 6.29 Å². The summed E-state index contributed by atoms with van der Waals surface area (Å²) in [5, 5.41) is 0. The maximum Gasteiger partial charge on any atom is 0.150 e. The molecule has 0 aliphatic heterocycles. The fraction of sp³-hybridized carbons (Fsp3) is 0.133. The second kappa shape index (κ2) is 4.75. The van der Waals surface area contributed by atoms with E-state index in [1.165, 1.54) is 5.56 Å². The minimum Gasteiger partial charge on any atom is -0.298 e. The minimum atomic E-state index is 0.795. The van der Waals surface area contributed by atoms with Gasteiger partial charge < -0.3 is 0 Å². The highest BCUT2D eigenvalue weighted by molar-refractivity contribution is 5.77. The fourth-order valence-corrected chi connectivity index (χ4v) is 1.80. The van der Waals surface area contributed by atoms with Gasteiger partial charge in [-0.25, -0.2) is 0 Å². The lowest BCUT2D eigenvalue weighted by Crippen LogP contribution is -1.95. The summed E-state index contributed by atoms with van der Waals surface area (Å²) in [6.07, 6.45) is 1.75. The Balaban J connectivity index is 2.31. The molecule has 0 amide bonds. The SMILES string of the molecule is Cc1ccc(Cc2ccccc2)c(C=O)c1. The van der Waals surface area contributed by atoms with Gasteiger partial charge in [-0.05, 0) is 30.5 Å². The van der Waals surface area contributed by atoms with Crippen LogP contribution in [0.1, 0.15) is 27.0 Å². The smallest absolute Gasteiger partial charge is 0.150 e. The standard InChI is InChI=1S/C15H14O/c1-12-7-8-14(15(9-12)11-16)10-13-5-3-2-4-6-13/h2-9,11H,10H2,1H3. The third-order valence-corrected chi connectivity index (χ3v) is 2.67. The van der Waals surface area contributed by atoms with Crippen molar-refractivity contribution in [2.24, 2.45) is 0 Å². The molecule has 0 heterocycles. The lowest BCUT2D eigenvalue weighted by Gasteiger charge is -2.05. The van der Waals surface area contributed by atoms with Gasteiger partial charge in [-0.1, -0.05) is 48.0 Å². The maximum atomic E-state index is 11.0. The molecule has 0 unspecified atom stereocenters. The molecule has 0 saturated heterocycles. The van der Waals surface area contributed by atoms with Crippen LogP contribution in [0.2, 0.25) is 0 Å². The molecular weight excluding hydrogens is 196 g/mol. The number of aldehydes is 1. The predicted molar refractivity (Wildman–Crippen MR) is 65.8 cm³/mol. The zero-order chi connectivity index (χ0) is 11.4. The average molecular weight is 210 g/mol. The molecule has 0 radical (unpaired) electrons. The van der Waals surface area contributed by atoms with E-state index in [-0.39, 0.29) is 0 Å². The number of carbonyl (C=O) groups is 1. The van der Waals surface area contributed by atoms with Gasteiger partial charge >= 0.3 is 0 Å². The second-order valence-electron chi connectivity index (χ2n) is 3.98. The Bertz CT molecular complexity index is 486. The average Bonchev–Trinajstić information content (AvgIpc) is 2.33. The molecular formula is C15H14O. The molecule has 2 aromatic rings. The van der Waals surface area contributed by atoms with Crippen molar-refractivity contribution in [3.63, 3.8) is 0 Å². The summed E-state index contributed by atoms with van der Waals surface area (Å²) in [4.78, 5) is 11.0. The van der Waals surface area contributed by atoms with Crippen molar-refractivity contribution in [1.82, 2.24) is 0 Å². The first-order chi connectivity index (χ1) is 7.79. The summed E-state index contributed by atoms with van der Waals surface area (Å²) in [5.74, 6) is 0. The van der Waals surface area contributed by atoms with Gasteiger partial charge in [0.05, 0.1) is 0 Å². The van der Waals surface area contributed by atoms with Crippen LogP contribution in [-0.2, 0) is 6.42 Å². The van der Waals surface area contributed by atoms with E-state index < -0.39 is 0 Å². The number of rotatable bonds is 3. The van der Waals surface area contributed by atoms with Gasteiger partial charge in [0.15, 0.2) is 0 Å². The maximum absolute atomic E-state index is 11.0. The van der Waals surface area contributed by atoms with E-state index in [0.717, 1.165) is 29.4 Å². The molecule has 0 aromatic heterocycles. The van der Waals surface area contributed by atoms with Crippen LogP contribution in [0.4, 0.5) is 0 Å². The van der Waals surface area contributed by atoms with Gasteiger partial charge in [-0.15, -0.1) is 0 Å². The zero-order valence-corrected chi connectivity index (χ0v) is 9.31. The molecule has 0 bridgehead atoms. The van der Waals surface area contributed by atoms with Crippen LogP contribution in [0.25, 0.3) is 0 Å². The van der Waals surface area contributed by atoms with E-state index >= 15 is 0 Å². The van der Waals surface area contributed by atoms with Crippen molar-refractivity contribution < 1.29 is 4.79 Å². The lowest BCUT2D eigenvalue weighted by atomic mass is 9.99.